The van der Waals surface area contributed by atoms with Crippen molar-refractivity contribution in [1.82, 2.24) is 9.21 Å². The molecule has 1 saturated heterocycles. The van der Waals surface area contributed by atoms with Crippen LogP contribution in [0.25, 0.3) is 0 Å². The smallest absolute Gasteiger partial charge is 0.255 e. The summed E-state index contributed by atoms with van der Waals surface area (Å²) in [6.45, 7) is 1.89. The molecule has 0 N–H and O–H groups in total. The van der Waals surface area contributed by atoms with E-state index in [0.717, 1.165) is 4.31 Å². The molecule has 1 aliphatic heterocycles. The van der Waals surface area contributed by atoms with Crippen LogP contribution in [0.1, 0.15) is 10.4 Å². The zero-order valence-corrected chi connectivity index (χ0v) is 13.4. The van der Waals surface area contributed by atoms with Crippen molar-refractivity contribution in [3.63, 3.8) is 0 Å². The molecule has 1 aromatic carbocycles. The summed E-state index contributed by atoms with van der Waals surface area (Å²) in [6, 6.07) is 4.16. The number of benzene rings is 1. The van der Waals surface area contributed by atoms with Crippen LogP contribution in [0.15, 0.2) is 23.1 Å². The molecule has 1 aliphatic rings. The molecule has 0 aliphatic carbocycles. The maximum absolute atomic E-state index is 12.4. The van der Waals surface area contributed by atoms with E-state index in [0.29, 0.717) is 26.3 Å². The van der Waals surface area contributed by atoms with E-state index in [2.05, 4.69) is 0 Å². The van der Waals surface area contributed by atoms with Crippen LogP contribution in [-0.2, 0) is 14.8 Å². The van der Waals surface area contributed by atoms with Gasteiger partial charge >= 0.3 is 0 Å². The Morgan fingerprint density at radius 3 is 2.48 bits per heavy atom. The summed E-state index contributed by atoms with van der Waals surface area (Å²) in [4.78, 5) is 14.1. The van der Waals surface area contributed by atoms with Crippen molar-refractivity contribution in [3.8, 4) is 0 Å². The average Bonchev–Trinajstić information content (AvgIpc) is 2.47. The molecule has 0 bridgehead atoms. The van der Waals surface area contributed by atoms with Crippen LogP contribution in [0.2, 0.25) is 5.02 Å². The number of hydrogen-bond acceptors (Lipinski definition) is 4. The standard InChI is InChI=1S/C13H17ClN2O4S/c1-15(2)21(18,19)10-3-4-12(14)11(9-10)13(17)16-5-7-20-8-6-16/h3-4,9H,5-8H2,1-2H3. The van der Waals surface area contributed by atoms with Crippen LogP contribution in [-0.4, -0.2) is 63.9 Å². The normalized spacial score (nSPS) is 16.3. The van der Waals surface area contributed by atoms with Gasteiger partial charge in [0.1, 0.15) is 0 Å². The Labute approximate surface area is 129 Å². The Kier molecular flexibility index (Phi) is 4.88. The zero-order valence-electron chi connectivity index (χ0n) is 11.9. The van der Waals surface area contributed by atoms with E-state index in [9.17, 15) is 13.2 Å². The highest BCUT2D eigenvalue weighted by molar-refractivity contribution is 7.89. The highest BCUT2D eigenvalue weighted by atomic mass is 35.5. The third-order valence-corrected chi connectivity index (χ3v) is 5.39. The number of morpholine rings is 1. The number of nitrogens with zero attached hydrogens (tertiary/aromatic N) is 2. The molecule has 21 heavy (non-hydrogen) atoms. The van der Waals surface area contributed by atoms with Gasteiger partial charge in [-0.15, -0.1) is 0 Å². The lowest BCUT2D eigenvalue weighted by Gasteiger charge is -2.27. The van der Waals surface area contributed by atoms with Crippen molar-refractivity contribution in [2.24, 2.45) is 0 Å². The summed E-state index contributed by atoms with van der Waals surface area (Å²) in [5.41, 5.74) is 0.196. The van der Waals surface area contributed by atoms with Crippen molar-refractivity contribution in [3.05, 3.63) is 28.8 Å². The number of amides is 1. The molecular formula is C13H17ClN2O4S. The fourth-order valence-corrected chi connectivity index (χ4v) is 3.10. The fraction of sp³-hybridized carbons (Fsp3) is 0.462. The van der Waals surface area contributed by atoms with Crippen LogP contribution in [0.5, 0.6) is 0 Å². The molecule has 6 nitrogen and oxygen atoms in total. The summed E-state index contributed by atoms with van der Waals surface area (Å²) in [6.07, 6.45) is 0. The first-order valence-electron chi connectivity index (χ1n) is 6.43. The number of ether oxygens (including phenoxy) is 1. The first kappa shape index (κ1) is 16.2. The minimum absolute atomic E-state index is 0.0495. The van der Waals surface area contributed by atoms with Gasteiger partial charge in [0.25, 0.3) is 5.91 Å². The Morgan fingerprint density at radius 1 is 1.29 bits per heavy atom. The van der Waals surface area contributed by atoms with E-state index >= 15 is 0 Å². The predicted octanol–water partition coefficient (Wildman–Crippen LogP) is 1.06. The average molecular weight is 333 g/mol. The number of rotatable bonds is 3. The number of sulfonamides is 1. The number of carbonyl (C=O) groups is 1. The topological polar surface area (TPSA) is 66.9 Å². The molecule has 8 heteroatoms. The molecule has 0 radical (unpaired) electrons. The first-order valence-corrected chi connectivity index (χ1v) is 8.25. The maximum atomic E-state index is 12.4. The van der Waals surface area contributed by atoms with Gasteiger partial charge in [0.2, 0.25) is 10.0 Å². The molecule has 1 amide bonds. The Bertz CT molecular complexity index is 640. The monoisotopic (exact) mass is 332 g/mol. The van der Waals surface area contributed by atoms with Crippen LogP contribution in [0.3, 0.4) is 0 Å². The molecule has 1 fully saturated rings. The summed E-state index contributed by atoms with van der Waals surface area (Å²) >= 11 is 6.05. The lowest BCUT2D eigenvalue weighted by Crippen LogP contribution is -2.40. The van der Waals surface area contributed by atoms with E-state index in [1.165, 1.54) is 32.3 Å². The molecule has 1 heterocycles. The minimum Gasteiger partial charge on any atom is -0.378 e. The van der Waals surface area contributed by atoms with E-state index < -0.39 is 10.0 Å². The molecule has 0 spiro atoms. The lowest BCUT2D eigenvalue weighted by atomic mass is 10.2. The van der Waals surface area contributed by atoms with Crippen molar-refractivity contribution in [2.45, 2.75) is 4.90 Å². The van der Waals surface area contributed by atoms with E-state index in [4.69, 9.17) is 16.3 Å². The van der Waals surface area contributed by atoms with Crippen molar-refractivity contribution < 1.29 is 17.9 Å². The first-order chi connectivity index (χ1) is 9.84. The van der Waals surface area contributed by atoms with Crippen LogP contribution in [0, 0.1) is 0 Å². The molecule has 0 atom stereocenters. The quantitative estimate of drug-likeness (QED) is 0.830. The molecule has 0 unspecified atom stereocenters. The molecule has 1 aromatic rings. The Hall–Kier alpha value is -1.15. The van der Waals surface area contributed by atoms with Gasteiger partial charge in [0, 0.05) is 27.2 Å². The third-order valence-electron chi connectivity index (χ3n) is 3.25. The van der Waals surface area contributed by atoms with Gasteiger partial charge < -0.3 is 9.64 Å². The molecule has 116 valence electrons. The van der Waals surface area contributed by atoms with Gasteiger partial charge in [-0.05, 0) is 18.2 Å². The van der Waals surface area contributed by atoms with Crippen molar-refractivity contribution in [1.29, 1.82) is 0 Å². The highest BCUT2D eigenvalue weighted by Crippen LogP contribution is 2.23. The SMILES string of the molecule is CN(C)S(=O)(=O)c1ccc(Cl)c(C(=O)N2CCOCC2)c1. The molecular weight excluding hydrogens is 316 g/mol. The molecule has 0 saturated carbocycles. The van der Waals surface area contributed by atoms with Crippen molar-refractivity contribution in [2.75, 3.05) is 40.4 Å². The molecule has 0 aromatic heterocycles. The van der Waals surface area contributed by atoms with Crippen LogP contribution in [0.4, 0.5) is 0 Å². The van der Waals surface area contributed by atoms with Gasteiger partial charge in [0.15, 0.2) is 0 Å². The second-order valence-electron chi connectivity index (χ2n) is 4.83. The van der Waals surface area contributed by atoms with Crippen molar-refractivity contribution >= 4 is 27.5 Å². The van der Waals surface area contributed by atoms with Gasteiger partial charge in [-0.2, -0.15) is 0 Å². The van der Waals surface area contributed by atoms with E-state index in [-0.39, 0.29) is 21.4 Å². The number of hydrogen-bond donors (Lipinski definition) is 0. The van der Waals surface area contributed by atoms with Gasteiger partial charge in [-0.1, -0.05) is 11.6 Å². The van der Waals surface area contributed by atoms with E-state index in [1.807, 2.05) is 0 Å². The minimum atomic E-state index is -3.60. The van der Waals surface area contributed by atoms with Crippen LogP contribution >= 0.6 is 11.6 Å². The second kappa shape index (κ2) is 6.31. The van der Waals surface area contributed by atoms with Crippen LogP contribution < -0.4 is 0 Å². The van der Waals surface area contributed by atoms with E-state index in [1.54, 1.807) is 4.90 Å². The van der Waals surface area contributed by atoms with Gasteiger partial charge in [-0.3, -0.25) is 4.79 Å². The third kappa shape index (κ3) is 3.37. The number of carbonyl (C=O) groups excluding carboxylic acids is 1. The summed E-state index contributed by atoms with van der Waals surface area (Å²) in [5.74, 6) is -0.279. The fourth-order valence-electron chi connectivity index (χ4n) is 1.98. The lowest BCUT2D eigenvalue weighted by molar-refractivity contribution is 0.0303. The Morgan fingerprint density at radius 2 is 1.90 bits per heavy atom. The Balaban J connectivity index is 2.37. The second-order valence-corrected chi connectivity index (χ2v) is 7.39. The maximum Gasteiger partial charge on any atom is 0.255 e. The zero-order chi connectivity index (χ0) is 15.6. The predicted molar refractivity (Wildman–Crippen MR) is 79.0 cm³/mol. The summed E-state index contributed by atoms with van der Waals surface area (Å²) in [7, 11) is -0.725. The largest absolute Gasteiger partial charge is 0.378 e. The summed E-state index contributed by atoms with van der Waals surface area (Å²) in [5, 5.41) is 0.240. The van der Waals surface area contributed by atoms with Gasteiger partial charge in [0.05, 0.1) is 28.7 Å². The molecule has 2 rings (SSSR count). The van der Waals surface area contributed by atoms with Gasteiger partial charge in [-0.25, -0.2) is 12.7 Å². The highest BCUT2D eigenvalue weighted by Gasteiger charge is 2.24. The number of halogens is 1. The summed E-state index contributed by atoms with van der Waals surface area (Å²) < 4.78 is 30.6.